The SMILES string of the molecule is Cn1c(CC2CCNCC2)nc2cccc(Br)c21. The molecule has 1 aliphatic heterocycles. The standard InChI is InChI=1S/C14H18BrN3/c1-18-13(9-10-5-7-16-8-6-10)17-12-4-2-3-11(15)14(12)18/h2-4,10,16H,5-9H2,1H3. The Morgan fingerprint density at radius 3 is 2.89 bits per heavy atom. The summed E-state index contributed by atoms with van der Waals surface area (Å²) in [7, 11) is 2.12. The highest BCUT2D eigenvalue weighted by atomic mass is 79.9. The molecule has 96 valence electrons. The molecule has 0 spiro atoms. The molecular formula is C14H18BrN3. The van der Waals surface area contributed by atoms with Crippen molar-refractivity contribution in [3.63, 3.8) is 0 Å². The molecule has 1 aliphatic rings. The molecule has 3 rings (SSSR count). The molecule has 0 amide bonds. The molecule has 0 unspecified atom stereocenters. The van der Waals surface area contributed by atoms with Gasteiger partial charge < -0.3 is 9.88 Å². The number of benzene rings is 1. The van der Waals surface area contributed by atoms with Crippen LogP contribution >= 0.6 is 15.9 Å². The highest BCUT2D eigenvalue weighted by molar-refractivity contribution is 9.10. The molecule has 0 radical (unpaired) electrons. The van der Waals surface area contributed by atoms with Gasteiger partial charge in [-0.2, -0.15) is 0 Å². The van der Waals surface area contributed by atoms with Gasteiger partial charge in [0.2, 0.25) is 0 Å². The summed E-state index contributed by atoms with van der Waals surface area (Å²) in [6.07, 6.45) is 3.63. The fraction of sp³-hybridized carbons (Fsp3) is 0.500. The number of piperidine rings is 1. The third-order valence-electron chi connectivity index (χ3n) is 3.87. The van der Waals surface area contributed by atoms with Crippen LogP contribution in [0.1, 0.15) is 18.7 Å². The van der Waals surface area contributed by atoms with Crippen LogP contribution in [0.5, 0.6) is 0 Å². The Hall–Kier alpha value is -0.870. The van der Waals surface area contributed by atoms with Crippen molar-refractivity contribution in [2.75, 3.05) is 13.1 Å². The highest BCUT2D eigenvalue weighted by Crippen LogP contribution is 2.26. The minimum atomic E-state index is 0.778. The Balaban J connectivity index is 1.92. The number of para-hydroxylation sites is 1. The summed E-state index contributed by atoms with van der Waals surface area (Å²) in [6, 6.07) is 6.22. The Morgan fingerprint density at radius 1 is 1.39 bits per heavy atom. The van der Waals surface area contributed by atoms with E-state index in [9.17, 15) is 0 Å². The fourth-order valence-electron chi connectivity index (χ4n) is 2.80. The first-order chi connectivity index (χ1) is 8.75. The normalized spacial score (nSPS) is 17.4. The minimum Gasteiger partial charge on any atom is -0.330 e. The third-order valence-corrected chi connectivity index (χ3v) is 4.51. The molecule has 1 N–H and O–H groups in total. The number of aromatic nitrogens is 2. The number of nitrogens with zero attached hydrogens (tertiary/aromatic N) is 2. The lowest BCUT2D eigenvalue weighted by Crippen LogP contribution is -2.29. The van der Waals surface area contributed by atoms with Gasteiger partial charge in [-0.1, -0.05) is 6.07 Å². The predicted octanol–water partition coefficient (Wildman–Crippen LogP) is 2.88. The second kappa shape index (κ2) is 5.02. The van der Waals surface area contributed by atoms with Crippen molar-refractivity contribution >= 4 is 27.0 Å². The smallest absolute Gasteiger partial charge is 0.109 e. The van der Waals surface area contributed by atoms with Crippen LogP contribution in [0.3, 0.4) is 0 Å². The van der Waals surface area contributed by atoms with E-state index in [0.29, 0.717) is 0 Å². The summed E-state index contributed by atoms with van der Waals surface area (Å²) < 4.78 is 3.37. The summed E-state index contributed by atoms with van der Waals surface area (Å²) >= 11 is 3.62. The van der Waals surface area contributed by atoms with Gasteiger partial charge in [0.1, 0.15) is 5.82 Å². The van der Waals surface area contributed by atoms with Crippen LogP contribution < -0.4 is 5.32 Å². The number of rotatable bonds is 2. The van der Waals surface area contributed by atoms with Crippen molar-refractivity contribution < 1.29 is 0 Å². The van der Waals surface area contributed by atoms with Gasteiger partial charge in [-0.15, -0.1) is 0 Å². The quantitative estimate of drug-likeness (QED) is 0.924. The van der Waals surface area contributed by atoms with Crippen molar-refractivity contribution in [1.29, 1.82) is 0 Å². The zero-order valence-electron chi connectivity index (χ0n) is 10.6. The third kappa shape index (κ3) is 2.19. The Labute approximate surface area is 116 Å². The molecule has 0 saturated carbocycles. The van der Waals surface area contributed by atoms with E-state index < -0.39 is 0 Å². The molecule has 18 heavy (non-hydrogen) atoms. The van der Waals surface area contributed by atoms with E-state index >= 15 is 0 Å². The number of hydrogen-bond donors (Lipinski definition) is 1. The Kier molecular flexibility index (Phi) is 3.39. The number of aryl methyl sites for hydroxylation is 1. The number of fused-ring (bicyclic) bond motifs is 1. The van der Waals surface area contributed by atoms with Crippen LogP contribution in [0.2, 0.25) is 0 Å². The lowest BCUT2D eigenvalue weighted by Gasteiger charge is -2.22. The topological polar surface area (TPSA) is 29.9 Å². The molecule has 0 atom stereocenters. The van der Waals surface area contributed by atoms with Gasteiger partial charge in [0.25, 0.3) is 0 Å². The maximum Gasteiger partial charge on any atom is 0.109 e. The van der Waals surface area contributed by atoms with E-state index in [1.54, 1.807) is 0 Å². The first-order valence-electron chi connectivity index (χ1n) is 6.56. The maximum atomic E-state index is 4.78. The first kappa shape index (κ1) is 12.2. The summed E-state index contributed by atoms with van der Waals surface area (Å²) in [5.41, 5.74) is 2.30. The average Bonchev–Trinajstić information content (AvgIpc) is 2.69. The van der Waals surface area contributed by atoms with Crippen LogP contribution in [0.4, 0.5) is 0 Å². The summed E-state index contributed by atoms with van der Waals surface area (Å²) in [5.74, 6) is 1.99. The van der Waals surface area contributed by atoms with E-state index in [1.807, 2.05) is 6.07 Å². The van der Waals surface area contributed by atoms with Crippen LogP contribution in [-0.4, -0.2) is 22.6 Å². The lowest BCUT2D eigenvalue weighted by atomic mass is 9.94. The fourth-order valence-corrected chi connectivity index (χ4v) is 3.42. The minimum absolute atomic E-state index is 0.778. The summed E-state index contributed by atoms with van der Waals surface area (Å²) in [4.78, 5) is 4.78. The Morgan fingerprint density at radius 2 is 2.17 bits per heavy atom. The summed E-state index contributed by atoms with van der Waals surface area (Å²) in [5, 5.41) is 3.42. The van der Waals surface area contributed by atoms with Crippen molar-refractivity contribution in [3.05, 3.63) is 28.5 Å². The maximum absolute atomic E-state index is 4.78. The average molecular weight is 308 g/mol. The van der Waals surface area contributed by atoms with Crippen molar-refractivity contribution in [2.45, 2.75) is 19.3 Å². The van der Waals surface area contributed by atoms with Crippen LogP contribution in [0.15, 0.2) is 22.7 Å². The van der Waals surface area contributed by atoms with E-state index in [-0.39, 0.29) is 0 Å². The number of halogens is 1. The molecule has 0 aliphatic carbocycles. The van der Waals surface area contributed by atoms with Gasteiger partial charge in [0.05, 0.1) is 11.0 Å². The van der Waals surface area contributed by atoms with E-state index in [4.69, 9.17) is 4.98 Å². The summed E-state index contributed by atoms with van der Waals surface area (Å²) in [6.45, 7) is 2.30. The number of hydrogen-bond acceptors (Lipinski definition) is 2. The molecule has 2 aromatic rings. The lowest BCUT2D eigenvalue weighted by molar-refractivity contribution is 0.365. The largest absolute Gasteiger partial charge is 0.330 e. The first-order valence-corrected chi connectivity index (χ1v) is 7.35. The predicted molar refractivity (Wildman–Crippen MR) is 77.7 cm³/mol. The highest BCUT2D eigenvalue weighted by Gasteiger charge is 2.17. The molecule has 0 bridgehead atoms. The second-order valence-electron chi connectivity index (χ2n) is 5.09. The van der Waals surface area contributed by atoms with Gasteiger partial charge in [-0.05, 0) is 59.9 Å². The van der Waals surface area contributed by atoms with Gasteiger partial charge in [0.15, 0.2) is 0 Å². The van der Waals surface area contributed by atoms with E-state index in [0.717, 1.165) is 35.4 Å². The van der Waals surface area contributed by atoms with Gasteiger partial charge in [-0.25, -0.2) is 4.98 Å². The van der Waals surface area contributed by atoms with E-state index in [1.165, 1.54) is 24.2 Å². The zero-order chi connectivity index (χ0) is 12.5. The van der Waals surface area contributed by atoms with Crippen LogP contribution in [0, 0.1) is 5.92 Å². The van der Waals surface area contributed by atoms with Crippen molar-refractivity contribution in [1.82, 2.24) is 14.9 Å². The second-order valence-corrected chi connectivity index (χ2v) is 5.95. The molecule has 1 aromatic carbocycles. The molecule has 2 heterocycles. The van der Waals surface area contributed by atoms with Crippen molar-refractivity contribution in [2.24, 2.45) is 13.0 Å². The number of nitrogens with one attached hydrogen (secondary N) is 1. The molecule has 1 saturated heterocycles. The van der Waals surface area contributed by atoms with Gasteiger partial charge in [-0.3, -0.25) is 0 Å². The van der Waals surface area contributed by atoms with Crippen LogP contribution in [-0.2, 0) is 13.5 Å². The van der Waals surface area contributed by atoms with Crippen molar-refractivity contribution in [3.8, 4) is 0 Å². The molecule has 4 heteroatoms. The molecule has 1 aromatic heterocycles. The van der Waals surface area contributed by atoms with Crippen LogP contribution in [0.25, 0.3) is 11.0 Å². The van der Waals surface area contributed by atoms with Gasteiger partial charge in [0, 0.05) is 17.9 Å². The Bertz CT molecular complexity index is 555. The molecule has 1 fully saturated rings. The molecule has 3 nitrogen and oxygen atoms in total. The molecular weight excluding hydrogens is 290 g/mol. The van der Waals surface area contributed by atoms with Gasteiger partial charge >= 0.3 is 0 Å². The monoisotopic (exact) mass is 307 g/mol. The number of imidazole rings is 1. The van der Waals surface area contributed by atoms with E-state index in [2.05, 4.69) is 45.0 Å². The zero-order valence-corrected chi connectivity index (χ0v) is 12.2.